The van der Waals surface area contributed by atoms with Crippen LogP contribution in [0.5, 0.6) is 0 Å². The van der Waals surface area contributed by atoms with E-state index in [0.717, 1.165) is 0 Å². The average molecular weight is 185 g/mol. The van der Waals surface area contributed by atoms with Gasteiger partial charge in [0.05, 0.1) is 0 Å². The molecular formula is C5H6F3NO3. The van der Waals surface area contributed by atoms with Gasteiger partial charge >= 0.3 is 12.1 Å². The monoisotopic (exact) mass is 185 g/mol. The first-order valence-electron chi connectivity index (χ1n) is 2.77. The van der Waals surface area contributed by atoms with Crippen molar-refractivity contribution in [1.29, 1.82) is 0 Å². The Kier molecular flexibility index (Phi) is 2.68. The first-order valence-corrected chi connectivity index (χ1v) is 2.77. The summed E-state index contributed by atoms with van der Waals surface area (Å²) in [7, 11) is 0. The number of rotatable bonds is 3. The lowest BCUT2D eigenvalue weighted by Gasteiger charge is -2.26. The molecule has 0 aromatic heterocycles. The fourth-order valence-corrected chi connectivity index (χ4v) is 0.383. The van der Waals surface area contributed by atoms with Crippen molar-refractivity contribution in [1.82, 2.24) is 5.32 Å². The summed E-state index contributed by atoms with van der Waals surface area (Å²) in [6.07, 6.45) is -5.32. The summed E-state index contributed by atoms with van der Waals surface area (Å²) in [5.74, 6) is -2.15. The first kappa shape index (κ1) is 10.7. The zero-order valence-electron chi connectivity index (χ0n) is 5.97. The summed E-state index contributed by atoms with van der Waals surface area (Å²) >= 11 is 0. The summed E-state index contributed by atoms with van der Waals surface area (Å²) in [5.41, 5.74) is -3.21. The van der Waals surface area contributed by atoms with E-state index in [1.807, 2.05) is 0 Å². The molecular weight excluding hydrogens is 179 g/mol. The Balaban J connectivity index is 4.86. The number of alkyl halides is 3. The van der Waals surface area contributed by atoms with Gasteiger partial charge in [-0.25, -0.2) is 4.79 Å². The number of carboxylic acids is 1. The highest BCUT2D eigenvalue weighted by atomic mass is 19.4. The van der Waals surface area contributed by atoms with Crippen molar-refractivity contribution in [3.63, 3.8) is 0 Å². The molecule has 70 valence electrons. The molecule has 1 atom stereocenters. The van der Waals surface area contributed by atoms with E-state index >= 15 is 0 Å². The van der Waals surface area contributed by atoms with Gasteiger partial charge in [-0.3, -0.25) is 4.79 Å². The van der Waals surface area contributed by atoms with Crippen molar-refractivity contribution in [2.24, 2.45) is 0 Å². The topological polar surface area (TPSA) is 66.4 Å². The lowest BCUT2D eigenvalue weighted by atomic mass is 10.0. The molecule has 0 saturated carbocycles. The van der Waals surface area contributed by atoms with Crippen LogP contribution in [0.1, 0.15) is 6.92 Å². The van der Waals surface area contributed by atoms with E-state index in [1.54, 1.807) is 0 Å². The zero-order valence-corrected chi connectivity index (χ0v) is 5.97. The fraction of sp³-hybridized carbons (Fsp3) is 0.600. The van der Waals surface area contributed by atoms with Gasteiger partial charge in [0.15, 0.2) is 0 Å². The zero-order chi connectivity index (χ0) is 9.99. The fourth-order valence-electron chi connectivity index (χ4n) is 0.383. The Morgan fingerprint density at radius 3 is 2.00 bits per heavy atom. The third kappa shape index (κ3) is 1.66. The van der Waals surface area contributed by atoms with E-state index in [1.165, 1.54) is 5.32 Å². The maximum atomic E-state index is 11.9. The van der Waals surface area contributed by atoms with Crippen molar-refractivity contribution in [2.45, 2.75) is 18.6 Å². The Hall–Kier alpha value is -1.27. The maximum Gasteiger partial charge on any atom is 0.422 e. The van der Waals surface area contributed by atoms with Gasteiger partial charge in [-0.2, -0.15) is 13.2 Å². The smallest absolute Gasteiger partial charge is 0.422 e. The summed E-state index contributed by atoms with van der Waals surface area (Å²) in [5, 5.41) is 9.35. The average Bonchev–Trinajstić information content (AvgIpc) is 1.85. The van der Waals surface area contributed by atoms with E-state index in [4.69, 9.17) is 5.11 Å². The van der Waals surface area contributed by atoms with E-state index in [0.29, 0.717) is 6.92 Å². The molecule has 0 aromatic carbocycles. The molecule has 0 aliphatic rings. The standard InChI is InChI=1S/C5H6F3NO3/c1-4(3(11)12,9-2-10)5(6,7)8/h2H,1H3,(H,9,10)(H,11,12). The lowest BCUT2D eigenvalue weighted by Crippen LogP contribution is -2.59. The van der Waals surface area contributed by atoms with Crippen molar-refractivity contribution >= 4 is 12.4 Å². The molecule has 0 heterocycles. The van der Waals surface area contributed by atoms with Gasteiger partial charge in [-0.1, -0.05) is 0 Å². The van der Waals surface area contributed by atoms with Gasteiger partial charge in [-0.05, 0) is 6.92 Å². The van der Waals surface area contributed by atoms with Crippen LogP contribution < -0.4 is 5.32 Å². The minimum Gasteiger partial charge on any atom is -0.479 e. The van der Waals surface area contributed by atoms with Gasteiger partial charge in [0.1, 0.15) is 0 Å². The highest BCUT2D eigenvalue weighted by Crippen LogP contribution is 2.29. The number of nitrogens with one attached hydrogen (secondary N) is 1. The van der Waals surface area contributed by atoms with Gasteiger partial charge in [0.2, 0.25) is 11.9 Å². The van der Waals surface area contributed by atoms with Crippen molar-refractivity contribution in [2.75, 3.05) is 0 Å². The van der Waals surface area contributed by atoms with Crippen LogP contribution >= 0.6 is 0 Å². The number of halogens is 3. The van der Waals surface area contributed by atoms with E-state index < -0.39 is 17.7 Å². The van der Waals surface area contributed by atoms with E-state index in [9.17, 15) is 22.8 Å². The summed E-state index contributed by atoms with van der Waals surface area (Å²) in [6, 6.07) is 0. The number of carbonyl (C=O) groups excluding carboxylic acids is 1. The Labute approximate surface area is 65.4 Å². The molecule has 0 radical (unpaired) electrons. The van der Waals surface area contributed by atoms with Gasteiger partial charge < -0.3 is 10.4 Å². The SMILES string of the molecule is CC(NC=O)(C(=O)O)C(F)(F)F. The van der Waals surface area contributed by atoms with Crippen LogP contribution in [0.4, 0.5) is 13.2 Å². The molecule has 1 unspecified atom stereocenters. The van der Waals surface area contributed by atoms with E-state index in [-0.39, 0.29) is 6.41 Å². The van der Waals surface area contributed by atoms with Crippen LogP contribution in [-0.2, 0) is 9.59 Å². The predicted molar refractivity (Wildman–Crippen MR) is 31.3 cm³/mol. The molecule has 2 N–H and O–H groups in total. The van der Waals surface area contributed by atoms with Crippen LogP contribution in [0.15, 0.2) is 0 Å². The number of amides is 1. The molecule has 0 rings (SSSR count). The van der Waals surface area contributed by atoms with Crippen molar-refractivity contribution in [3.8, 4) is 0 Å². The minimum absolute atomic E-state index is 0.304. The Bertz CT molecular complexity index is 203. The second-order valence-electron chi connectivity index (χ2n) is 2.19. The third-order valence-corrected chi connectivity index (χ3v) is 1.34. The number of hydrogen-bond acceptors (Lipinski definition) is 2. The van der Waals surface area contributed by atoms with Crippen molar-refractivity contribution in [3.05, 3.63) is 0 Å². The molecule has 7 heteroatoms. The number of carboxylic acid groups (broad SMARTS) is 1. The second kappa shape index (κ2) is 3.00. The minimum atomic E-state index is -5.01. The maximum absolute atomic E-state index is 11.9. The third-order valence-electron chi connectivity index (χ3n) is 1.34. The van der Waals surface area contributed by atoms with Gasteiger partial charge in [0.25, 0.3) is 0 Å². The molecule has 0 aromatic rings. The van der Waals surface area contributed by atoms with E-state index in [2.05, 4.69) is 0 Å². The summed E-state index contributed by atoms with van der Waals surface area (Å²) in [4.78, 5) is 19.8. The molecule has 1 amide bonds. The van der Waals surface area contributed by atoms with Crippen LogP contribution in [0.3, 0.4) is 0 Å². The second-order valence-corrected chi connectivity index (χ2v) is 2.19. The van der Waals surface area contributed by atoms with Gasteiger partial charge in [0, 0.05) is 0 Å². The van der Waals surface area contributed by atoms with Gasteiger partial charge in [-0.15, -0.1) is 0 Å². The highest BCUT2D eigenvalue weighted by Gasteiger charge is 2.57. The molecule has 12 heavy (non-hydrogen) atoms. The van der Waals surface area contributed by atoms with Crippen LogP contribution in [0.2, 0.25) is 0 Å². The van der Waals surface area contributed by atoms with Crippen LogP contribution in [-0.4, -0.2) is 29.2 Å². The normalized spacial score (nSPS) is 16.3. The lowest BCUT2D eigenvalue weighted by molar-refractivity contribution is -0.205. The summed E-state index contributed by atoms with van der Waals surface area (Å²) in [6.45, 7) is 0.365. The predicted octanol–water partition coefficient (Wildman–Crippen LogP) is 0.138. The Morgan fingerprint density at radius 2 is 1.92 bits per heavy atom. The molecule has 0 bridgehead atoms. The molecule has 0 aliphatic carbocycles. The van der Waals surface area contributed by atoms with Crippen LogP contribution in [0, 0.1) is 0 Å². The van der Waals surface area contributed by atoms with Crippen molar-refractivity contribution < 1.29 is 27.9 Å². The molecule has 0 saturated heterocycles. The molecule has 0 fully saturated rings. The molecule has 4 nitrogen and oxygen atoms in total. The Morgan fingerprint density at radius 1 is 1.50 bits per heavy atom. The number of aliphatic carboxylic acids is 1. The molecule has 0 aliphatic heterocycles. The number of hydrogen-bond donors (Lipinski definition) is 2. The first-order chi connectivity index (χ1) is 5.25. The largest absolute Gasteiger partial charge is 0.479 e. The number of carbonyl (C=O) groups is 2. The highest BCUT2D eigenvalue weighted by molar-refractivity contribution is 5.82. The quantitative estimate of drug-likeness (QED) is 0.614. The van der Waals surface area contributed by atoms with Crippen LogP contribution in [0.25, 0.3) is 0 Å². The molecule has 0 spiro atoms. The summed E-state index contributed by atoms with van der Waals surface area (Å²) < 4.78 is 35.8.